The van der Waals surface area contributed by atoms with Crippen LogP contribution in [0.15, 0.2) is 17.3 Å². The van der Waals surface area contributed by atoms with Gasteiger partial charge in [0.05, 0.1) is 11.8 Å². The molecule has 9 heteroatoms. The number of carbonyl (C=O) groups is 3. The van der Waals surface area contributed by atoms with Crippen LogP contribution >= 0.6 is 0 Å². The molecule has 0 saturated heterocycles. The fraction of sp³-hybridized carbons (Fsp3) is 0.778. The summed E-state index contributed by atoms with van der Waals surface area (Å²) in [5, 5.41) is 20.0. The van der Waals surface area contributed by atoms with E-state index < -0.39 is 11.9 Å². The zero-order valence-corrected chi connectivity index (χ0v) is 21.8. The minimum absolute atomic E-state index is 0.0710. The van der Waals surface area contributed by atoms with Crippen LogP contribution in [0.25, 0.3) is 0 Å². The number of fused-ring (bicyclic) bond motifs is 5. The summed E-state index contributed by atoms with van der Waals surface area (Å²) < 4.78 is 6.35. The number of carboxylic acids is 2. The molecule has 0 radical (unpaired) electrons. The van der Waals surface area contributed by atoms with E-state index in [-0.39, 0.29) is 16.9 Å². The minimum atomic E-state index is -1.26. The van der Waals surface area contributed by atoms with E-state index in [1.165, 1.54) is 12.1 Å². The van der Waals surface area contributed by atoms with Gasteiger partial charge in [0.15, 0.2) is 0 Å². The lowest BCUT2D eigenvalue weighted by Crippen LogP contribution is -2.58. The summed E-state index contributed by atoms with van der Waals surface area (Å²) in [5.41, 5.74) is 6.92. The second-order valence-electron chi connectivity index (χ2n) is 11.1. The second kappa shape index (κ2) is 11.9. The summed E-state index contributed by atoms with van der Waals surface area (Å²) in [7, 11) is 0. The fourth-order valence-electron chi connectivity index (χ4n) is 7.66. The third-order valence-electron chi connectivity index (χ3n) is 9.35. The summed E-state index contributed by atoms with van der Waals surface area (Å²) in [4.78, 5) is 37.2. The molecule has 4 saturated carbocycles. The number of oxime groups is 1. The largest absolute Gasteiger partial charge is 0.478 e. The molecule has 0 spiro atoms. The lowest BCUT2D eigenvalue weighted by atomic mass is 9.44. The van der Waals surface area contributed by atoms with Gasteiger partial charge in [-0.2, -0.15) is 0 Å². The zero-order chi connectivity index (χ0) is 26.5. The van der Waals surface area contributed by atoms with E-state index in [9.17, 15) is 14.4 Å². The highest BCUT2D eigenvalue weighted by Gasteiger charge is 2.62. The van der Waals surface area contributed by atoms with Crippen LogP contribution in [0.1, 0.15) is 72.1 Å². The number of aliphatic carboxylic acids is 2. The summed E-state index contributed by atoms with van der Waals surface area (Å²) in [6, 6.07) is 0. The molecule has 4 aliphatic carbocycles. The molecule has 4 aliphatic rings. The first-order valence-corrected chi connectivity index (χ1v) is 13.2. The molecular weight excluding hydrogens is 464 g/mol. The van der Waals surface area contributed by atoms with Crippen LogP contribution in [-0.4, -0.2) is 59.5 Å². The Morgan fingerprint density at radius 1 is 1.08 bits per heavy atom. The normalized spacial score (nSPS) is 38.5. The van der Waals surface area contributed by atoms with Crippen molar-refractivity contribution in [3.63, 3.8) is 0 Å². The molecular formula is C27H42N2O7. The number of hydrogen-bond donors (Lipinski definition) is 3. The third-order valence-corrected chi connectivity index (χ3v) is 9.35. The number of ether oxygens (including phenoxy) is 1. The smallest absolute Gasteiger partial charge is 0.328 e. The monoisotopic (exact) mass is 506 g/mol. The molecule has 9 nitrogen and oxygen atoms in total. The first-order chi connectivity index (χ1) is 17.1. The summed E-state index contributed by atoms with van der Waals surface area (Å²) in [5.74, 6) is 0.414. The number of nitrogens with two attached hydrogens (primary N) is 1. The molecule has 4 fully saturated rings. The Kier molecular flexibility index (Phi) is 9.33. The van der Waals surface area contributed by atoms with E-state index in [1.54, 1.807) is 0 Å². The van der Waals surface area contributed by atoms with Gasteiger partial charge in [-0.15, -0.1) is 0 Å². The van der Waals surface area contributed by atoms with Gasteiger partial charge in [0.1, 0.15) is 12.4 Å². The Hall–Kier alpha value is -2.26. The summed E-state index contributed by atoms with van der Waals surface area (Å²) in [6.45, 7) is 8.62. The highest BCUT2D eigenvalue weighted by molar-refractivity contribution is 5.89. The zero-order valence-electron chi connectivity index (χ0n) is 21.8. The van der Waals surface area contributed by atoms with E-state index in [2.05, 4.69) is 25.9 Å². The third kappa shape index (κ3) is 5.83. The van der Waals surface area contributed by atoms with E-state index in [1.807, 2.05) is 0 Å². The predicted octanol–water partition coefficient (Wildman–Crippen LogP) is 3.66. The topological polar surface area (TPSA) is 149 Å². The molecule has 0 aromatic heterocycles. The van der Waals surface area contributed by atoms with Gasteiger partial charge in [-0.25, -0.2) is 9.59 Å². The van der Waals surface area contributed by atoms with Gasteiger partial charge >= 0.3 is 11.9 Å². The predicted molar refractivity (Wildman–Crippen MR) is 134 cm³/mol. The van der Waals surface area contributed by atoms with Crippen LogP contribution in [0.5, 0.6) is 0 Å². The van der Waals surface area contributed by atoms with Crippen LogP contribution in [0.2, 0.25) is 0 Å². The highest BCUT2D eigenvalue weighted by atomic mass is 16.6. The molecule has 0 bridgehead atoms. The SMILES string of the molecule is CCO[C@H]1C[C@@H]2[C@H](CC[C@]3(C)C(=O)CC[C@@H]23)[C@@]2(C)CC/C(=N\OCCN)C[C@H]12.O=C(O)/C=C/C(=O)O. The molecule has 7 atom stereocenters. The van der Waals surface area contributed by atoms with Crippen molar-refractivity contribution in [3.05, 3.63) is 12.2 Å². The second-order valence-corrected chi connectivity index (χ2v) is 11.1. The Bertz CT molecular complexity index is 871. The van der Waals surface area contributed by atoms with E-state index in [4.69, 9.17) is 25.5 Å². The molecule has 4 rings (SSSR count). The molecule has 0 unspecified atom stereocenters. The number of ketones is 1. The van der Waals surface area contributed by atoms with Crippen LogP contribution in [-0.2, 0) is 24.0 Å². The number of Topliss-reactive ketones (excluding diaryl/α,β-unsaturated/α-hetero) is 1. The first-order valence-electron chi connectivity index (χ1n) is 13.2. The van der Waals surface area contributed by atoms with Crippen LogP contribution in [0, 0.1) is 34.5 Å². The van der Waals surface area contributed by atoms with Gasteiger partial charge in [0, 0.05) is 37.1 Å². The lowest BCUT2D eigenvalue weighted by Gasteiger charge is -2.61. The van der Waals surface area contributed by atoms with Crippen LogP contribution in [0.3, 0.4) is 0 Å². The number of carboxylic acid groups (broad SMARTS) is 2. The number of carbonyl (C=O) groups excluding carboxylic acids is 1. The average Bonchev–Trinajstić information content (AvgIpc) is 3.13. The quantitative estimate of drug-likeness (QED) is 0.269. The van der Waals surface area contributed by atoms with Gasteiger partial charge in [0.2, 0.25) is 0 Å². The molecule has 36 heavy (non-hydrogen) atoms. The summed E-state index contributed by atoms with van der Waals surface area (Å²) >= 11 is 0. The minimum Gasteiger partial charge on any atom is -0.478 e. The van der Waals surface area contributed by atoms with Crippen LogP contribution in [0.4, 0.5) is 0 Å². The van der Waals surface area contributed by atoms with Gasteiger partial charge in [0.25, 0.3) is 0 Å². The Labute approximate surface area is 213 Å². The van der Waals surface area contributed by atoms with Crippen molar-refractivity contribution in [2.75, 3.05) is 19.8 Å². The molecule has 4 N–H and O–H groups in total. The average molecular weight is 507 g/mol. The maximum atomic E-state index is 12.7. The van der Waals surface area contributed by atoms with E-state index in [0.717, 1.165) is 51.6 Å². The number of rotatable bonds is 7. The molecule has 0 aromatic rings. The van der Waals surface area contributed by atoms with Crippen molar-refractivity contribution in [2.45, 2.75) is 78.2 Å². The van der Waals surface area contributed by atoms with Gasteiger partial charge in [-0.1, -0.05) is 19.0 Å². The van der Waals surface area contributed by atoms with E-state index >= 15 is 0 Å². The van der Waals surface area contributed by atoms with Crippen molar-refractivity contribution >= 4 is 23.4 Å². The Morgan fingerprint density at radius 2 is 1.78 bits per heavy atom. The van der Waals surface area contributed by atoms with Crippen molar-refractivity contribution < 1.29 is 34.2 Å². The molecule has 0 amide bonds. The van der Waals surface area contributed by atoms with Crippen molar-refractivity contribution in [3.8, 4) is 0 Å². The Balaban J connectivity index is 0.000000392. The lowest BCUT2D eigenvalue weighted by molar-refractivity contribution is -0.163. The fourth-order valence-corrected chi connectivity index (χ4v) is 7.66. The molecule has 0 aliphatic heterocycles. The van der Waals surface area contributed by atoms with Gasteiger partial charge < -0.3 is 25.5 Å². The molecule has 202 valence electrons. The van der Waals surface area contributed by atoms with E-state index in [0.29, 0.717) is 54.8 Å². The van der Waals surface area contributed by atoms with Crippen molar-refractivity contribution in [1.29, 1.82) is 0 Å². The maximum Gasteiger partial charge on any atom is 0.328 e. The van der Waals surface area contributed by atoms with Crippen molar-refractivity contribution in [1.82, 2.24) is 0 Å². The van der Waals surface area contributed by atoms with Gasteiger partial charge in [-0.3, -0.25) is 4.79 Å². The Morgan fingerprint density at radius 3 is 2.39 bits per heavy atom. The highest BCUT2D eigenvalue weighted by Crippen LogP contribution is 2.65. The maximum absolute atomic E-state index is 12.7. The number of nitrogens with zero attached hydrogens (tertiary/aromatic N) is 1. The van der Waals surface area contributed by atoms with Crippen LogP contribution < -0.4 is 5.73 Å². The first kappa shape index (κ1) is 28.3. The van der Waals surface area contributed by atoms with Crippen molar-refractivity contribution in [2.24, 2.45) is 45.4 Å². The molecule has 0 heterocycles. The van der Waals surface area contributed by atoms with Gasteiger partial charge in [-0.05, 0) is 81.0 Å². The number of hydrogen-bond acceptors (Lipinski definition) is 7. The standard InChI is InChI=1S/C23H38N2O3.C4H4O4/c1-4-27-20-14-16-17-5-6-21(26)23(17,3)10-8-18(16)22(2)9-7-15(13-19(20)22)25-28-12-11-24;5-3(6)1-2-4(7)8/h16-20H,4-14,24H2,1-3H3;1-2H,(H,5,6)(H,7,8)/b25-15+;2-1+/t16-,17-,18-,19+,20-,22+,23-;/m0./s1. The molecule has 0 aromatic carbocycles. The summed E-state index contributed by atoms with van der Waals surface area (Å²) in [6.07, 6.45) is 9.82.